The van der Waals surface area contributed by atoms with Crippen LogP contribution in [0.2, 0.25) is 0 Å². The van der Waals surface area contributed by atoms with Crippen molar-refractivity contribution in [3.8, 4) is 0 Å². The smallest absolute Gasteiger partial charge is 0.0973 e. The number of hydrogen-bond donors (Lipinski definition) is 1. The van der Waals surface area contributed by atoms with E-state index in [1.54, 1.807) is 4.68 Å². The average molecular weight is 178 g/mol. The third-order valence-corrected chi connectivity index (χ3v) is 2.19. The van der Waals surface area contributed by atoms with Crippen molar-refractivity contribution >= 4 is 5.84 Å². The molecule has 0 radical (unpaired) electrons. The Morgan fingerprint density at radius 2 is 2.54 bits per heavy atom. The summed E-state index contributed by atoms with van der Waals surface area (Å²) in [6.07, 6.45) is 4.33. The van der Waals surface area contributed by atoms with Crippen LogP contribution in [-0.4, -0.2) is 15.6 Å². The molecule has 1 aliphatic rings. The maximum absolute atomic E-state index is 5.75. The van der Waals surface area contributed by atoms with Gasteiger partial charge in [0.15, 0.2) is 0 Å². The molecule has 13 heavy (non-hydrogen) atoms. The van der Waals surface area contributed by atoms with E-state index < -0.39 is 0 Å². The Morgan fingerprint density at radius 3 is 3.08 bits per heavy atom. The van der Waals surface area contributed by atoms with Gasteiger partial charge in [0.1, 0.15) is 0 Å². The van der Waals surface area contributed by atoms with Crippen molar-refractivity contribution in [2.75, 3.05) is 0 Å². The van der Waals surface area contributed by atoms with Crippen molar-refractivity contribution < 1.29 is 0 Å². The normalized spacial score (nSPS) is 17.8. The van der Waals surface area contributed by atoms with E-state index in [0.717, 1.165) is 11.5 Å². The van der Waals surface area contributed by atoms with Crippen LogP contribution in [0.4, 0.5) is 0 Å². The molecule has 0 bridgehead atoms. The SMILES string of the molecule is Cn1ccc(CN=C(N)C2CC2)n1. The molecule has 0 unspecified atom stereocenters. The molecule has 2 N–H and O–H groups in total. The quantitative estimate of drug-likeness (QED) is 0.547. The van der Waals surface area contributed by atoms with Gasteiger partial charge < -0.3 is 5.73 Å². The molecule has 4 nitrogen and oxygen atoms in total. The number of nitrogens with zero attached hydrogens (tertiary/aromatic N) is 3. The summed E-state index contributed by atoms with van der Waals surface area (Å²) >= 11 is 0. The van der Waals surface area contributed by atoms with E-state index in [4.69, 9.17) is 5.73 Å². The Hall–Kier alpha value is -1.32. The molecule has 1 heterocycles. The molecule has 0 amide bonds. The fourth-order valence-corrected chi connectivity index (χ4v) is 1.23. The van der Waals surface area contributed by atoms with Gasteiger partial charge in [0, 0.05) is 19.2 Å². The zero-order chi connectivity index (χ0) is 9.26. The highest BCUT2D eigenvalue weighted by Crippen LogP contribution is 2.28. The Morgan fingerprint density at radius 1 is 1.77 bits per heavy atom. The highest BCUT2D eigenvalue weighted by atomic mass is 15.2. The Balaban J connectivity index is 1.94. The summed E-state index contributed by atoms with van der Waals surface area (Å²) in [7, 11) is 1.90. The van der Waals surface area contributed by atoms with E-state index in [9.17, 15) is 0 Å². The summed E-state index contributed by atoms with van der Waals surface area (Å²) in [5.74, 6) is 1.36. The topological polar surface area (TPSA) is 56.2 Å². The minimum absolute atomic E-state index is 0.559. The van der Waals surface area contributed by atoms with E-state index in [-0.39, 0.29) is 0 Å². The number of aromatic nitrogens is 2. The first-order valence-corrected chi connectivity index (χ1v) is 4.54. The predicted octanol–water partition coefficient (Wildman–Crippen LogP) is 0.687. The highest BCUT2D eigenvalue weighted by Gasteiger charge is 2.25. The summed E-state index contributed by atoms with van der Waals surface area (Å²) in [6, 6.07) is 1.96. The molecule has 4 heteroatoms. The molecule has 0 atom stereocenters. The van der Waals surface area contributed by atoms with Gasteiger partial charge in [-0.05, 0) is 18.9 Å². The van der Waals surface area contributed by atoms with Gasteiger partial charge in [0.2, 0.25) is 0 Å². The standard InChI is InChI=1S/C9H14N4/c1-13-5-4-8(12-13)6-11-9(10)7-2-3-7/h4-5,7H,2-3,6H2,1H3,(H2,10,11). The monoisotopic (exact) mass is 178 g/mol. The minimum Gasteiger partial charge on any atom is -0.387 e. The van der Waals surface area contributed by atoms with Gasteiger partial charge in [-0.3, -0.25) is 9.67 Å². The van der Waals surface area contributed by atoms with E-state index in [0.29, 0.717) is 12.5 Å². The van der Waals surface area contributed by atoms with E-state index in [2.05, 4.69) is 10.1 Å². The lowest BCUT2D eigenvalue weighted by molar-refractivity contribution is 0.742. The van der Waals surface area contributed by atoms with Crippen LogP contribution >= 0.6 is 0 Å². The summed E-state index contributed by atoms with van der Waals surface area (Å²) in [6.45, 7) is 0.614. The van der Waals surface area contributed by atoms with Crippen LogP contribution in [-0.2, 0) is 13.6 Å². The van der Waals surface area contributed by atoms with Gasteiger partial charge in [-0.2, -0.15) is 5.10 Å². The number of aryl methyl sites for hydroxylation is 1. The maximum atomic E-state index is 5.75. The van der Waals surface area contributed by atoms with Crippen LogP contribution in [0.3, 0.4) is 0 Å². The molecule has 0 spiro atoms. The summed E-state index contributed by atoms with van der Waals surface area (Å²) in [5.41, 5.74) is 6.73. The first-order chi connectivity index (χ1) is 6.25. The fourth-order valence-electron chi connectivity index (χ4n) is 1.23. The molecule has 70 valence electrons. The van der Waals surface area contributed by atoms with Gasteiger partial charge in [-0.1, -0.05) is 0 Å². The van der Waals surface area contributed by atoms with Gasteiger partial charge in [-0.25, -0.2) is 0 Å². The molecular formula is C9H14N4. The van der Waals surface area contributed by atoms with Crippen molar-refractivity contribution in [2.24, 2.45) is 23.7 Å². The van der Waals surface area contributed by atoms with Crippen LogP contribution in [0.1, 0.15) is 18.5 Å². The van der Waals surface area contributed by atoms with Crippen LogP contribution < -0.4 is 5.73 Å². The number of nitrogens with two attached hydrogens (primary N) is 1. The Kier molecular flexibility index (Phi) is 2.04. The Bertz CT molecular complexity index is 322. The van der Waals surface area contributed by atoms with Crippen LogP contribution in [0.5, 0.6) is 0 Å². The van der Waals surface area contributed by atoms with E-state index in [1.807, 2.05) is 19.3 Å². The van der Waals surface area contributed by atoms with Gasteiger partial charge in [0.05, 0.1) is 18.1 Å². The molecule has 0 aromatic carbocycles. The van der Waals surface area contributed by atoms with Gasteiger partial charge >= 0.3 is 0 Å². The predicted molar refractivity (Wildman–Crippen MR) is 51.3 cm³/mol. The van der Waals surface area contributed by atoms with Crippen LogP contribution in [0, 0.1) is 5.92 Å². The van der Waals surface area contributed by atoms with Crippen molar-refractivity contribution in [3.63, 3.8) is 0 Å². The number of amidine groups is 1. The molecule has 1 fully saturated rings. The minimum atomic E-state index is 0.559. The first-order valence-electron chi connectivity index (χ1n) is 4.54. The van der Waals surface area contributed by atoms with Crippen molar-refractivity contribution in [3.05, 3.63) is 18.0 Å². The van der Waals surface area contributed by atoms with E-state index >= 15 is 0 Å². The van der Waals surface area contributed by atoms with Crippen molar-refractivity contribution in [1.29, 1.82) is 0 Å². The highest BCUT2D eigenvalue weighted by molar-refractivity contribution is 5.84. The third-order valence-electron chi connectivity index (χ3n) is 2.19. The number of rotatable bonds is 3. The van der Waals surface area contributed by atoms with Crippen LogP contribution in [0.25, 0.3) is 0 Å². The van der Waals surface area contributed by atoms with Crippen molar-refractivity contribution in [2.45, 2.75) is 19.4 Å². The molecule has 1 aromatic rings. The summed E-state index contributed by atoms with van der Waals surface area (Å²) < 4.78 is 1.78. The van der Waals surface area contributed by atoms with Gasteiger partial charge in [-0.15, -0.1) is 0 Å². The van der Waals surface area contributed by atoms with Crippen molar-refractivity contribution in [1.82, 2.24) is 9.78 Å². The second kappa shape index (κ2) is 3.20. The average Bonchev–Trinajstić information content (AvgIpc) is 2.87. The lowest BCUT2D eigenvalue weighted by Crippen LogP contribution is -2.14. The zero-order valence-corrected chi connectivity index (χ0v) is 7.77. The fraction of sp³-hybridized carbons (Fsp3) is 0.556. The lowest BCUT2D eigenvalue weighted by Gasteiger charge is -1.95. The molecule has 2 rings (SSSR count). The van der Waals surface area contributed by atoms with Crippen LogP contribution in [0.15, 0.2) is 17.3 Å². The maximum Gasteiger partial charge on any atom is 0.0973 e. The van der Waals surface area contributed by atoms with Gasteiger partial charge in [0.25, 0.3) is 0 Å². The number of aliphatic imine (C=N–C) groups is 1. The summed E-state index contributed by atoms with van der Waals surface area (Å²) in [4.78, 5) is 4.29. The second-order valence-electron chi connectivity index (χ2n) is 3.50. The number of hydrogen-bond acceptors (Lipinski definition) is 2. The molecule has 1 saturated carbocycles. The molecule has 1 aromatic heterocycles. The lowest BCUT2D eigenvalue weighted by atomic mass is 10.4. The Labute approximate surface area is 77.5 Å². The zero-order valence-electron chi connectivity index (χ0n) is 7.77. The largest absolute Gasteiger partial charge is 0.387 e. The first kappa shape index (κ1) is 8.29. The molecule has 0 saturated heterocycles. The molecule has 1 aliphatic carbocycles. The third kappa shape index (κ3) is 2.08. The second-order valence-corrected chi connectivity index (χ2v) is 3.50. The summed E-state index contributed by atoms with van der Waals surface area (Å²) in [5, 5.41) is 4.22. The molecule has 0 aliphatic heterocycles. The van der Waals surface area contributed by atoms with E-state index in [1.165, 1.54) is 12.8 Å². The molecular weight excluding hydrogens is 164 g/mol.